The smallest absolute Gasteiger partial charge is 0.338 e. The summed E-state index contributed by atoms with van der Waals surface area (Å²) in [7, 11) is 0. The lowest BCUT2D eigenvalue weighted by atomic mass is 9.91. The van der Waals surface area contributed by atoms with Crippen LogP contribution in [-0.2, 0) is 16.1 Å². The van der Waals surface area contributed by atoms with Gasteiger partial charge in [-0.2, -0.15) is 0 Å². The Balaban J connectivity index is 1.43. The van der Waals surface area contributed by atoms with Crippen LogP contribution < -0.4 is 14.9 Å². The highest BCUT2D eigenvalue weighted by molar-refractivity contribution is 7.07. The molecule has 7 rings (SSSR count). The van der Waals surface area contributed by atoms with E-state index in [1.807, 2.05) is 91.9 Å². The number of ether oxygens (including phenoxy) is 1. The van der Waals surface area contributed by atoms with Gasteiger partial charge in [0.15, 0.2) is 4.80 Å². The summed E-state index contributed by atoms with van der Waals surface area (Å²) in [6, 6.07) is 29.2. The lowest BCUT2D eigenvalue weighted by Crippen LogP contribution is -2.40. The zero-order valence-corrected chi connectivity index (χ0v) is 25.7. The second-order valence-corrected chi connectivity index (χ2v) is 12.1. The van der Waals surface area contributed by atoms with Crippen molar-refractivity contribution in [2.45, 2.75) is 26.4 Å². The zero-order valence-electron chi connectivity index (χ0n) is 24.2. The summed E-state index contributed by atoms with van der Waals surface area (Å²) in [6.07, 6.45) is 3.99. The molecule has 2 aromatic heterocycles. The van der Waals surface area contributed by atoms with Crippen LogP contribution in [0.15, 0.2) is 118 Å². The average molecular weight is 618 g/mol. The van der Waals surface area contributed by atoms with Gasteiger partial charge in [0.25, 0.3) is 5.56 Å². The largest absolute Gasteiger partial charge is 0.463 e. The van der Waals surface area contributed by atoms with Crippen LogP contribution in [0, 0.1) is 0 Å². The van der Waals surface area contributed by atoms with E-state index in [0.29, 0.717) is 32.2 Å². The first-order chi connectivity index (χ1) is 21.4. The molecule has 218 valence electrons. The Morgan fingerprint density at radius 1 is 0.977 bits per heavy atom. The van der Waals surface area contributed by atoms with Crippen LogP contribution in [0.5, 0.6) is 0 Å². The Morgan fingerprint density at radius 3 is 2.52 bits per heavy atom. The molecular formula is C36H28ClN3O3S. The Labute approximate surface area is 262 Å². The predicted octanol–water partition coefficient (Wildman–Crippen LogP) is 6.61. The molecule has 6 nitrogen and oxygen atoms in total. The number of aromatic nitrogens is 2. The second kappa shape index (κ2) is 11.4. The molecule has 3 heterocycles. The van der Waals surface area contributed by atoms with Gasteiger partial charge in [0.2, 0.25) is 0 Å². The highest BCUT2D eigenvalue weighted by atomic mass is 35.5. The number of allylic oxidation sites excluding steroid dienone is 1. The molecule has 44 heavy (non-hydrogen) atoms. The minimum absolute atomic E-state index is 0.205. The number of para-hydroxylation sites is 1. The number of benzene rings is 4. The second-order valence-electron chi connectivity index (χ2n) is 10.7. The van der Waals surface area contributed by atoms with Crippen LogP contribution in [0.25, 0.3) is 27.8 Å². The number of rotatable bonds is 6. The van der Waals surface area contributed by atoms with Gasteiger partial charge >= 0.3 is 5.97 Å². The van der Waals surface area contributed by atoms with E-state index in [1.54, 1.807) is 11.5 Å². The molecule has 0 saturated heterocycles. The Hall–Kier alpha value is -4.72. The quantitative estimate of drug-likeness (QED) is 0.198. The van der Waals surface area contributed by atoms with Crippen molar-refractivity contribution < 1.29 is 9.53 Å². The van der Waals surface area contributed by atoms with Gasteiger partial charge in [-0.25, -0.2) is 9.79 Å². The molecule has 0 bridgehead atoms. The van der Waals surface area contributed by atoms with Crippen LogP contribution in [0.4, 0.5) is 0 Å². The molecule has 0 N–H and O–H groups in total. The summed E-state index contributed by atoms with van der Waals surface area (Å²) < 4.78 is 9.83. The van der Waals surface area contributed by atoms with E-state index in [-0.39, 0.29) is 12.2 Å². The molecule has 1 aliphatic rings. The first kappa shape index (κ1) is 28.1. The molecule has 0 radical (unpaired) electrons. The Morgan fingerprint density at radius 2 is 1.70 bits per heavy atom. The van der Waals surface area contributed by atoms with E-state index in [9.17, 15) is 9.59 Å². The molecule has 0 amide bonds. The van der Waals surface area contributed by atoms with E-state index in [2.05, 4.69) is 22.9 Å². The fraction of sp³-hybridized carbons (Fsp3) is 0.139. The van der Waals surface area contributed by atoms with E-state index in [1.165, 1.54) is 11.3 Å². The molecule has 1 aliphatic heterocycles. The number of hydrogen-bond acceptors (Lipinski definition) is 5. The summed E-state index contributed by atoms with van der Waals surface area (Å²) >= 11 is 7.82. The van der Waals surface area contributed by atoms with Crippen molar-refractivity contribution in [3.8, 4) is 0 Å². The molecular weight excluding hydrogens is 590 g/mol. The topological polar surface area (TPSA) is 65.6 Å². The summed E-state index contributed by atoms with van der Waals surface area (Å²) in [6.45, 7) is 4.40. The predicted molar refractivity (Wildman–Crippen MR) is 177 cm³/mol. The van der Waals surface area contributed by atoms with Crippen molar-refractivity contribution in [2.75, 3.05) is 6.61 Å². The SMILES string of the molecule is CCOC(=O)C1=C(C)N=c2s/c(=C/c3cn(Cc4ccccc4Cl)c4ccccc34)c(=O)n2[C@@H]1c1cccc2ccccc12. The molecule has 1 atom stereocenters. The summed E-state index contributed by atoms with van der Waals surface area (Å²) in [4.78, 5) is 33.0. The standard InChI is InChI=1S/C36H28ClN3O3S/c1-3-43-35(42)32-22(2)38-36-40(33(32)28-16-10-13-23-11-4-6-14-26(23)28)34(41)31(44-36)19-25-21-39(30-18-9-7-15-27(25)30)20-24-12-5-8-17-29(24)37/h4-19,21,33H,3,20H2,1-2H3/b31-19+/t33-/m1/s1. The number of hydrogen-bond donors (Lipinski definition) is 0. The number of fused-ring (bicyclic) bond motifs is 3. The fourth-order valence-corrected chi connectivity index (χ4v) is 7.28. The molecule has 0 spiro atoms. The van der Waals surface area contributed by atoms with Gasteiger partial charge in [-0.3, -0.25) is 9.36 Å². The number of carbonyl (C=O) groups excluding carboxylic acids is 1. The number of carbonyl (C=O) groups is 1. The molecule has 0 unspecified atom stereocenters. The highest BCUT2D eigenvalue weighted by Gasteiger charge is 2.34. The van der Waals surface area contributed by atoms with Crippen LogP contribution in [0.1, 0.15) is 36.6 Å². The minimum Gasteiger partial charge on any atom is -0.463 e. The number of halogens is 1. The van der Waals surface area contributed by atoms with Gasteiger partial charge < -0.3 is 9.30 Å². The third kappa shape index (κ3) is 4.78. The molecule has 6 aromatic rings. The van der Waals surface area contributed by atoms with Crippen molar-refractivity contribution in [1.29, 1.82) is 0 Å². The summed E-state index contributed by atoms with van der Waals surface area (Å²) in [5.74, 6) is -0.469. The number of esters is 1. The third-order valence-electron chi connectivity index (χ3n) is 8.04. The molecule has 0 aliphatic carbocycles. The summed E-state index contributed by atoms with van der Waals surface area (Å²) in [5.41, 5.74) is 4.54. The lowest BCUT2D eigenvalue weighted by Gasteiger charge is -2.25. The monoisotopic (exact) mass is 617 g/mol. The van der Waals surface area contributed by atoms with Gasteiger partial charge in [-0.1, -0.05) is 102 Å². The molecule has 0 saturated carbocycles. The van der Waals surface area contributed by atoms with Gasteiger partial charge in [0.1, 0.15) is 0 Å². The van der Waals surface area contributed by atoms with E-state index in [0.717, 1.165) is 38.4 Å². The van der Waals surface area contributed by atoms with E-state index in [4.69, 9.17) is 21.3 Å². The van der Waals surface area contributed by atoms with Crippen molar-refractivity contribution in [2.24, 2.45) is 4.99 Å². The zero-order chi connectivity index (χ0) is 30.4. The maximum Gasteiger partial charge on any atom is 0.338 e. The third-order valence-corrected chi connectivity index (χ3v) is 9.39. The lowest BCUT2D eigenvalue weighted by molar-refractivity contribution is -0.139. The van der Waals surface area contributed by atoms with Crippen LogP contribution in [0.2, 0.25) is 5.02 Å². The van der Waals surface area contributed by atoms with Gasteiger partial charge in [0, 0.05) is 34.2 Å². The van der Waals surface area contributed by atoms with Crippen LogP contribution in [0.3, 0.4) is 0 Å². The normalized spacial score (nSPS) is 15.1. The maximum absolute atomic E-state index is 14.3. The average Bonchev–Trinajstić information content (AvgIpc) is 3.53. The summed E-state index contributed by atoms with van der Waals surface area (Å²) in [5, 5.41) is 3.73. The van der Waals surface area contributed by atoms with Gasteiger partial charge in [-0.05, 0) is 54.0 Å². The van der Waals surface area contributed by atoms with Crippen LogP contribution in [-0.4, -0.2) is 21.7 Å². The van der Waals surface area contributed by atoms with Crippen molar-refractivity contribution in [3.63, 3.8) is 0 Å². The van der Waals surface area contributed by atoms with Gasteiger partial charge in [-0.15, -0.1) is 0 Å². The highest BCUT2D eigenvalue weighted by Crippen LogP contribution is 2.35. The van der Waals surface area contributed by atoms with E-state index < -0.39 is 12.0 Å². The number of thiazole rings is 1. The maximum atomic E-state index is 14.3. The Bertz CT molecular complexity index is 2310. The molecule has 4 aromatic carbocycles. The number of nitrogens with zero attached hydrogens (tertiary/aromatic N) is 3. The molecule has 8 heteroatoms. The van der Waals surface area contributed by atoms with Crippen molar-refractivity contribution in [3.05, 3.63) is 150 Å². The van der Waals surface area contributed by atoms with Crippen molar-refractivity contribution in [1.82, 2.24) is 9.13 Å². The van der Waals surface area contributed by atoms with Gasteiger partial charge in [0.05, 0.1) is 28.5 Å². The molecule has 0 fully saturated rings. The Kier molecular flexibility index (Phi) is 7.28. The first-order valence-electron chi connectivity index (χ1n) is 14.4. The minimum atomic E-state index is -0.680. The van der Waals surface area contributed by atoms with Crippen LogP contribution >= 0.6 is 22.9 Å². The fourth-order valence-electron chi connectivity index (χ4n) is 6.05. The van der Waals surface area contributed by atoms with Crippen molar-refractivity contribution >= 4 is 56.7 Å². The first-order valence-corrected chi connectivity index (χ1v) is 15.6. The van der Waals surface area contributed by atoms with E-state index >= 15 is 0 Å².